The summed E-state index contributed by atoms with van der Waals surface area (Å²) in [6, 6.07) is 8.32. The lowest BCUT2D eigenvalue weighted by atomic mass is 10.1. The molecule has 0 aromatic heterocycles. The van der Waals surface area contributed by atoms with E-state index in [9.17, 15) is 14.7 Å². The first-order valence-corrected chi connectivity index (χ1v) is 6.35. The van der Waals surface area contributed by atoms with Gasteiger partial charge in [-0.25, -0.2) is 4.79 Å². The molecule has 1 amide bonds. The Kier molecular flexibility index (Phi) is 4.52. The van der Waals surface area contributed by atoms with Gasteiger partial charge in [-0.1, -0.05) is 30.3 Å². The first-order chi connectivity index (χ1) is 9.16. The summed E-state index contributed by atoms with van der Waals surface area (Å²) < 4.78 is 5.24. The summed E-state index contributed by atoms with van der Waals surface area (Å²) in [5.41, 5.74) is 0.877. The molecule has 1 heterocycles. The molecule has 1 saturated heterocycles. The van der Waals surface area contributed by atoms with Gasteiger partial charge in [0, 0.05) is 13.0 Å². The number of amides is 1. The molecule has 0 saturated carbocycles. The van der Waals surface area contributed by atoms with Gasteiger partial charge >= 0.3 is 5.97 Å². The monoisotopic (exact) mass is 263 g/mol. The number of carbonyl (C=O) groups excluding carboxylic acids is 1. The van der Waals surface area contributed by atoms with Crippen molar-refractivity contribution in [3.63, 3.8) is 0 Å². The number of carboxylic acid groups (broad SMARTS) is 1. The van der Waals surface area contributed by atoms with Gasteiger partial charge in [-0.05, 0) is 18.4 Å². The van der Waals surface area contributed by atoms with E-state index >= 15 is 0 Å². The lowest BCUT2D eigenvalue weighted by Gasteiger charge is -2.17. The van der Waals surface area contributed by atoms with E-state index in [1.165, 1.54) is 0 Å². The van der Waals surface area contributed by atoms with Crippen molar-refractivity contribution in [1.82, 2.24) is 5.32 Å². The number of benzene rings is 1. The van der Waals surface area contributed by atoms with E-state index in [0.29, 0.717) is 13.0 Å². The van der Waals surface area contributed by atoms with Crippen LogP contribution in [0.5, 0.6) is 0 Å². The zero-order chi connectivity index (χ0) is 13.7. The Balaban J connectivity index is 1.96. The molecule has 5 nitrogen and oxygen atoms in total. The Bertz CT molecular complexity index is 440. The number of carboxylic acids is 1. The third-order valence-electron chi connectivity index (χ3n) is 3.12. The SMILES string of the molecule is O=C(N[C@H](Cc1ccccc1)C(=O)O)C1CCCO1. The number of nitrogens with one attached hydrogen (secondary N) is 1. The molecule has 102 valence electrons. The van der Waals surface area contributed by atoms with Gasteiger partial charge in [0.25, 0.3) is 0 Å². The van der Waals surface area contributed by atoms with Gasteiger partial charge < -0.3 is 15.2 Å². The smallest absolute Gasteiger partial charge is 0.326 e. The Hall–Kier alpha value is -1.88. The standard InChI is InChI=1S/C14H17NO4/c16-13(12-7-4-8-19-12)15-11(14(17)18)9-10-5-2-1-3-6-10/h1-3,5-6,11-12H,4,7-9H2,(H,15,16)(H,17,18)/t11-,12?/m1/s1. The van der Waals surface area contributed by atoms with Gasteiger partial charge in [0.2, 0.25) is 5.91 Å². The molecule has 5 heteroatoms. The molecule has 0 spiro atoms. The second kappa shape index (κ2) is 6.33. The van der Waals surface area contributed by atoms with E-state index in [4.69, 9.17) is 4.74 Å². The third kappa shape index (κ3) is 3.79. The van der Waals surface area contributed by atoms with Crippen LogP contribution < -0.4 is 5.32 Å². The lowest BCUT2D eigenvalue weighted by molar-refractivity contribution is -0.143. The Morgan fingerprint density at radius 3 is 2.68 bits per heavy atom. The highest BCUT2D eigenvalue weighted by Crippen LogP contribution is 2.12. The molecule has 0 aliphatic carbocycles. The average Bonchev–Trinajstić information content (AvgIpc) is 2.93. The summed E-state index contributed by atoms with van der Waals surface area (Å²) in [7, 11) is 0. The van der Waals surface area contributed by atoms with Crippen molar-refractivity contribution >= 4 is 11.9 Å². The fourth-order valence-corrected chi connectivity index (χ4v) is 2.10. The van der Waals surface area contributed by atoms with Crippen LogP contribution in [-0.2, 0) is 20.7 Å². The van der Waals surface area contributed by atoms with Crippen LogP contribution in [-0.4, -0.2) is 35.7 Å². The third-order valence-corrected chi connectivity index (χ3v) is 3.12. The largest absolute Gasteiger partial charge is 0.480 e. The Labute approximate surface area is 111 Å². The summed E-state index contributed by atoms with van der Waals surface area (Å²) in [4.78, 5) is 23.0. The van der Waals surface area contributed by atoms with Crippen molar-refractivity contribution in [2.24, 2.45) is 0 Å². The Morgan fingerprint density at radius 1 is 1.37 bits per heavy atom. The molecule has 2 atom stereocenters. The van der Waals surface area contributed by atoms with E-state index in [1.54, 1.807) is 0 Å². The zero-order valence-corrected chi connectivity index (χ0v) is 10.5. The second-order valence-electron chi connectivity index (χ2n) is 4.59. The number of hydrogen-bond donors (Lipinski definition) is 2. The number of aliphatic carboxylic acids is 1. The van der Waals surface area contributed by atoms with Crippen LogP contribution in [0.15, 0.2) is 30.3 Å². The summed E-state index contributed by atoms with van der Waals surface area (Å²) in [5.74, 6) is -1.36. The van der Waals surface area contributed by atoms with Crippen LogP contribution in [0.4, 0.5) is 0 Å². The summed E-state index contributed by atoms with van der Waals surface area (Å²) in [5, 5.41) is 11.7. The number of rotatable bonds is 5. The molecule has 2 rings (SSSR count). The highest BCUT2D eigenvalue weighted by molar-refractivity contribution is 5.86. The van der Waals surface area contributed by atoms with E-state index in [0.717, 1.165) is 12.0 Å². The maximum atomic E-state index is 11.9. The molecule has 1 aromatic carbocycles. The maximum absolute atomic E-state index is 11.9. The molecule has 1 aromatic rings. The molecule has 1 fully saturated rings. The molecule has 1 aliphatic heterocycles. The summed E-state index contributed by atoms with van der Waals surface area (Å²) in [6.45, 7) is 0.564. The van der Waals surface area contributed by atoms with E-state index < -0.39 is 18.1 Å². The van der Waals surface area contributed by atoms with Gasteiger partial charge in [0.1, 0.15) is 12.1 Å². The topological polar surface area (TPSA) is 75.6 Å². The minimum Gasteiger partial charge on any atom is -0.480 e. The highest BCUT2D eigenvalue weighted by Gasteiger charge is 2.28. The van der Waals surface area contributed by atoms with Crippen molar-refractivity contribution < 1.29 is 19.4 Å². The molecular weight excluding hydrogens is 246 g/mol. The fourth-order valence-electron chi connectivity index (χ4n) is 2.10. The summed E-state index contributed by atoms with van der Waals surface area (Å²) in [6.07, 6.45) is 1.27. The quantitative estimate of drug-likeness (QED) is 0.830. The number of ether oxygens (including phenoxy) is 1. The minimum atomic E-state index is -1.03. The predicted molar refractivity (Wildman–Crippen MR) is 68.7 cm³/mol. The second-order valence-corrected chi connectivity index (χ2v) is 4.59. The maximum Gasteiger partial charge on any atom is 0.326 e. The molecule has 19 heavy (non-hydrogen) atoms. The van der Waals surface area contributed by atoms with Gasteiger partial charge in [0.15, 0.2) is 0 Å². The zero-order valence-electron chi connectivity index (χ0n) is 10.5. The Morgan fingerprint density at radius 2 is 2.11 bits per heavy atom. The number of carbonyl (C=O) groups is 2. The van der Waals surface area contributed by atoms with Crippen molar-refractivity contribution in [2.45, 2.75) is 31.4 Å². The molecule has 0 bridgehead atoms. The van der Waals surface area contributed by atoms with Crippen LogP contribution in [0.2, 0.25) is 0 Å². The van der Waals surface area contributed by atoms with E-state index in [1.807, 2.05) is 30.3 Å². The van der Waals surface area contributed by atoms with Gasteiger partial charge in [-0.2, -0.15) is 0 Å². The van der Waals surface area contributed by atoms with Crippen molar-refractivity contribution in [3.8, 4) is 0 Å². The van der Waals surface area contributed by atoms with Crippen LogP contribution >= 0.6 is 0 Å². The van der Waals surface area contributed by atoms with Crippen LogP contribution in [0.25, 0.3) is 0 Å². The summed E-state index contributed by atoms with van der Waals surface area (Å²) >= 11 is 0. The average molecular weight is 263 g/mol. The van der Waals surface area contributed by atoms with Gasteiger partial charge in [0.05, 0.1) is 0 Å². The number of hydrogen-bond acceptors (Lipinski definition) is 3. The molecule has 2 N–H and O–H groups in total. The fraction of sp³-hybridized carbons (Fsp3) is 0.429. The van der Waals surface area contributed by atoms with Crippen LogP contribution in [0.3, 0.4) is 0 Å². The van der Waals surface area contributed by atoms with Crippen molar-refractivity contribution in [2.75, 3.05) is 6.61 Å². The lowest BCUT2D eigenvalue weighted by Crippen LogP contribution is -2.46. The van der Waals surface area contributed by atoms with Crippen molar-refractivity contribution in [1.29, 1.82) is 0 Å². The minimum absolute atomic E-state index is 0.272. The van der Waals surface area contributed by atoms with Crippen molar-refractivity contribution in [3.05, 3.63) is 35.9 Å². The van der Waals surface area contributed by atoms with Crippen LogP contribution in [0, 0.1) is 0 Å². The predicted octanol–water partition coefficient (Wildman–Crippen LogP) is 0.977. The molecule has 1 aliphatic rings. The van der Waals surface area contributed by atoms with Gasteiger partial charge in [-0.15, -0.1) is 0 Å². The first kappa shape index (κ1) is 13.5. The first-order valence-electron chi connectivity index (χ1n) is 6.35. The van der Waals surface area contributed by atoms with Gasteiger partial charge in [-0.3, -0.25) is 4.79 Å². The van der Waals surface area contributed by atoms with E-state index in [2.05, 4.69) is 5.32 Å². The molecular formula is C14H17NO4. The normalized spacial score (nSPS) is 19.9. The molecule has 0 radical (unpaired) electrons. The van der Waals surface area contributed by atoms with E-state index in [-0.39, 0.29) is 12.3 Å². The molecule has 1 unspecified atom stereocenters. The van der Waals surface area contributed by atoms with Crippen LogP contribution in [0.1, 0.15) is 18.4 Å². The highest BCUT2D eigenvalue weighted by atomic mass is 16.5.